The molecule has 0 atom stereocenters. The van der Waals surface area contributed by atoms with Crippen LogP contribution < -0.4 is 11.1 Å². The van der Waals surface area contributed by atoms with E-state index in [0.717, 1.165) is 10.7 Å². The molecule has 0 bridgehead atoms. The summed E-state index contributed by atoms with van der Waals surface area (Å²) in [6, 6.07) is 5.68. The number of carbonyl (C=O) groups is 2. The van der Waals surface area contributed by atoms with Crippen LogP contribution in [-0.4, -0.2) is 53.4 Å². The molecule has 0 radical (unpaired) electrons. The molecule has 0 unspecified atom stereocenters. The lowest BCUT2D eigenvalue weighted by molar-refractivity contribution is -0.128. The monoisotopic (exact) mass is 347 g/mol. The highest BCUT2D eigenvalue weighted by Gasteiger charge is 2.14. The van der Waals surface area contributed by atoms with Crippen LogP contribution in [0.15, 0.2) is 29.8 Å². The van der Waals surface area contributed by atoms with E-state index in [1.165, 1.54) is 11.3 Å². The van der Waals surface area contributed by atoms with E-state index in [-0.39, 0.29) is 18.4 Å². The van der Waals surface area contributed by atoms with Crippen LogP contribution in [0.5, 0.6) is 0 Å². The number of carbonyl (C=O) groups excluding carboxylic acids is 2. The van der Waals surface area contributed by atoms with Gasteiger partial charge in [-0.1, -0.05) is 6.07 Å². The molecule has 3 N–H and O–H groups in total. The van der Waals surface area contributed by atoms with Crippen molar-refractivity contribution in [2.45, 2.75) is 12.8 Å². The number of nitrogens with one attached hydrogen (secondary N) is 1. The first-order chi connectivity index (χ1) is 11.6. The molecule has 2 rings (SSSR count). The van der Waals surface area contributed by atoms with Gasteiger partial charge in [-0.25, -0.2) is 4.98 Å². The van der Waals surface area contributed by atoms with E-state index in [2.05, 4.69) is 15.3 Å². The van der Waals surface area contributed by atoms with Crippen molar-refractivity contribution < 1.29 is 9.59 Å². The third-order valence-electron chi connectivity index (χ3n) is 3.40. The molecule has 0 saturated heterocycles. The summed E-state index contributed by atoms with van der Waals surface area (Å²) in [7, 11) is 1.71. The van der Waals surface area contributed by atoms with Crippen LogP contribution in [0.4, 0.5) is 0 Å². The SMILES string of the molecule is CN(CCc1ccccn1)C(=O)CNC(=O)c1csc(CCN)n1. The Kier molecular flexibility index (Phi) is 6.83. The molecule has 0 saturated carbocycles. The van der Waals surface area contributed by atoms with Gasteiger partial charge in [0.25, 0.3) is 5.91 Å². The number of aromatic nitrogens is 2. The van der Waals surface area contributed by atoms with Gasteiger partial charge >= 0.3 is 0 Å². The van der Waals surface area contributed by atoms with E-state index < -0.39 is 0 Å². The normalized spacial score (nSPS) is 10.4. The summed E-state index contributed by atoms with van der Waals surface area (Å²) in [5, 5.41) is 5.10. The fourth-order valence-electron chi connectivity index (χ4n) is 1.99. The van der Waals surface area contributed by atoms with Gasteiger partial charge in [-0.3, -0.25) is 14.6 Å². The van der Waals surface area contributed by atoms with Gasteiger partial charge in [0.15, 0.2) is 0 Å². The maximum atomic E-state index is 12.1. The second-order valence-electron chi connectivity index (χ2n) is 5.23. The fraction of sp³-hybridized carbons (Fsp3) is 0.375. The zero-order chi connectivity index (χ0) is 17.4. The van der Waals surface area contributed by atoms with Gasteiger partial charge in [-0.2, -0.15) is 0 Å². The van der Waals surface area contributed by atoms with E-state index in [1.54, 1.807) is 23.5 Å². The molecule has 0 aliphatic heterocycles. The summed E-state index contributed by atoms with van der Waals surface area (Å²) in [6.45, 7) is 0.985. The summed E-state index contributed by atoms with van der Waals surface area (Å²) in [4.78, 5) is 34.0. The Morgan fingerprint density at radius 2 is 2.17 bits per heavy atom. The topological polar surface area (TPSA) is 101 Å². The standard InChI is InChI=1S/C16H21N5O2S/c1-21(9-6-12-4-2-3-8-18-12)15(22)10-19-16(23)13-11-24-14(20-13)5-7-17/h2-4,8,11H,5-7,9-10,17H2,1H3,(H,19,23). The summed E-state index contributed by atoms with van der Waals surface area (Å²) in [6.07, 6.45) is 3.04. The third kappa shape index (κ3) is 5.39. The van der Waals surface area contributed by atoms with Gasteiger partial charge in [0.2, 0.25) is 5.91 Å². The van der Waals surface area contributed by atoms with Crippen molar-refractivity contribution in [1.82, 2.24) is 20.2 Å². The molecular formula is C16H21N5O2S. The van der Waals surface area contributed by atoms with Crippen molar-refractivity contribution in [2.75, 3.05) is 26.7 Å². The van der Waals surface area contributed by atoms with Crippen LogP contribution in [-0.2, 0) is 17.6 Å². The zero-order valence-electron chi connectivity index (χ0n) is 13.6. The van der Waals surface area contributed by atoms with E-state index in [0.29, 0.717) is 31.6 Å². The van der Waals surface area contributed by atoms with Gasteiger partial charge in [0, 0.05) is 43.7 Å². The quantitative estimate of drug-likeness (QED) is 0.723. The van der Waals surface area contributed by atoms with E-state index in [1.807, 2.05) is 18.2 Å². The lowest BCUT2D eigenvalue weighted by Crippen LogP contribution is -2.39. The smallest absolute Gasteiger partial charge is 0.271 e. The molecule has 2 amide bonds. The Balaban J connectivity index is 1.75. The number of rotatable bonds is 8. The molecule has 0 aliphatic carbocycles. The molecule has 7 nitrogen and oxygen atoms in total. The predicted octanol–water partition coefficient (Wildman–Crippen LogP) is 0.470. The molecule has 8 heteroatoms. The fourth-order valence-corrected chi connectivity index (χ4v) is 2.78. The van der Waals surface area contributed by atoms with Gasteiger partial charge < -0.3 is 16.0 Å². The molecule has 0 spiro atoms. The van der Waals surface area contributed by atoms with Gasteiger partial charge in [-0.05, 0) is 18.7 Å². The minimum Gasteiger partial charge on any atom is -0.344 e. The average Bonchev–Trinajstić information content (AvgIpc) is 3.07. The highest BCUT2D eigenvalue weighted by Crippen LogP contribution is 2.09. The van der Waals surface area contributed by atoms with Crippen molar-refractivity contribution >= 4 is 23.2 Å². The molecule has 2 aromatic heterocycles. The van der Waals surface area contributed by atoms with Crippen LogP contribution in [0.2, 0.25) is 0 Å². The summed E-state index contributed by atoms with van der Waals surface area (Å²) in [5.74, 6) is -0.502. The number of likely N-dealkylation sites (N-methyl/N-ethyl adjacent to an activating group) is 1. The molecule has 128 valence electrons. The molecule has 2 heterocycles. The second kappa shape index (κ2) is 9.09. The first-order valence-electron chi connectivity index (χ1n) is 7.66. The Hall–Kier alpha value is -2.32. The van der Waals surface area contributed by atoms with Crippen LogP contribution in [0.1, 0.15) is 21.2 Å². The molecule has 0 fully saturated rings. The number of pyridine rings is 1. The highest BCUT2D eigenvalue weighted by molar-refractivity contribution is 7.09. The maximum Gasteiger partial charge on any atom is 0.271 e. The summed E-state index contributed by atoms with van der Waals surface area (Å²) in [5.41, 5.74) is 6.71. The van der Waals surface area contributed by atoms with E-state index >= 15 is 0 Å². The molecule has 24 heavy (non-hydrogen) atoms. The van der Waals surface area contributed by atoms with Gasteiger partial charge in [0.1, 0.15) is 5.69 Å². The minimum absolute atomic E-state index is 0.0543. The number of thiazole rings is 1. The third-order valence-corrected chi connectivity index (χ3v) is 4.31. The number of amides is 2. The first-order valence-corrected chi connectivity index (χ1v) is 8.54. The van der Waals surface area contributed by atoms with E-state index in [4.69, 9.17) is 5.73 Å². The van der Waals surface area contributed by atoms with Crippen molar-refractivity contribution in [3.05, 3.63) is 46.2 Å². The predicted molar refractivity (Wildman–Crippen MR) is 92.8 cm³/mol. The Morgan fingerprint density at radius 3 is 2.88 bits per heavy atom. The number of nitrogens with zero attached hydrogens (tertiary/aromatic N) is 3. The van der Waals surface area contributed by atoms with Crippen molar-refractivity contribution in [3.63, 3.8) is 0 Å². The largest absolute Gasteiger partial charge is 0.344 e. The minimum atomic E-state index is -0.346. The molecule has 0 aromatic carbocycles. The van der Waals surface area contributed by atoms with Crippen LogP contribution in [0, 0.1) is 0 Å². The van der Waals surface area contributed by atoms with Crippen LogP contribution in [0.25, 0.3) is 0 Å². The summed E-state index contributed by atoms with van der Waals surface area (Å²) >= 11 is 1.39. The van der Waals surface area contributed by atoms with Crippen LogP contribution >= 0.6 is 11.3 Å². The zero-order valence-corrected chi connectivity index (χ0v) is 14.4. The first kappa shape index (κ1) is 18.0. The van der Waals surface area contributed by atoms with Crippen molar-refractivity contribution in [1.29, 1.82) is 0 Å². The Labute approximate surface area is 144 Å². The maximum absolute atomic E-state index is 12.1. The van der Waals surface area contributed by atoms with E-state index in [9.17, 15) is 9.59 Å². The summed E-state index contributed by atoms with van der Waals surface area (Å²) < 4.78 is 0. The van der Waals surface area contributed by atoms with Gasteiger partial charge in [-0.15, -0.1) is 11.3 Å². The van der Waals surface area contributed by atoms with Crippen LogP contribution in [0.3, 0.4) is 0 Å². The Bertz CT molecular complexity index is 674. The number of hydrogen-bond acceptors (Lipinski definition) is 6. The molecule has 0 aliphatic rings. The lowest BCUT2D eigenvalue weighted by atomic mass is 10.2. The Morgan fingerprint density at radius 1 is 1.33 bits per heavy atom. The molecular weight excluding hydrogens is 326 g/mol. The van der Waals surface area contributed by atoms with Crippen molar-refractivity contribution in [3.8, 4) is 0 Å². The lowest BCUT2D eigenvalue weighted by Gasteiger charge is -2.17. The second-order valence-corrected chi connectivity index (χ2v) is 6.18. The van der Waals surface area contributed by atoms with Crippen molar-refractivity contribution in [2.24, 2.45) is 5.73 Å². The number of hydrogen-bond donors (Lipinski definition) is 2. The van der Waals surface area contributed by atoms with Gasteiger partial charge in [0.05, 0.1) is 11.6 Å². The highest BCUT2D eigenvalue weighted by atomic mass is 32.1. The molecule has 2 aromatic rings. The number of nitrogens with two attached hydrogens (primary N) is 1. The average molecular weight is 347 g/mol.